The van der Waals surface area contributed by atoms with E-state index in [-0.39, 0.29) is 5.91 Å². The number of pyridine rings is 1. The van der Waals surface area contributed by atoms with E-state index in [1.807, 2.05) is 13.1 Å². The summed E-state index contributed by atoms with van der Waals surface area (Å²) in [6, 6.07) is 11.9. The lowest BCUT2D eigenvalue weighted by atomic mass is 9.87. The average Bonchev–Trinajstić information content (AvgIpc) is 3.10. The molecular weight excluding hydrogens is 348 g/mol. The molecule has 0 atom stereocenters. The Kier molecular flexibility index (Phi) is 5.70. The zero-order valence-electron chi connectivity index (χ0n) is 16.6. The Labute approximate surface area is 166 Å². The third-order valence-corrected chi connectivity index (χ3v) is 5.85. The first-order chi connectivity index (χ1) is 13.7. The van der Waals surface area contributed by atoms with E-state index in [1.165, 1.54) is 38.5 Å². The first kappa shape index (κ1) is 18.7. The van der Waals surface area contributed by atoms with Gasteiger partial charge in [0.2, 0.25) is 0 Å². The smallest absolute Gasteiger partial charge is 0.255 e. The monoisotopic (exact) mass is 376 g/mol. The van der Waals surface area contributed by atoms with Crippen LogP contribution in [-0.2, 0) is 13.1 Å². The third kappa shape index (κ3) is 4.08. The summed E-state index contributed by atoms with van der Waals surface area (Å²) < 4.78 is 2.32. The number of aromatic nitrogens is 3. The number of fused-ring (bicyclic) bond motifs is 1. The molecule has 1 fully saturated rings. The molecule has 1 amide bonds. The maximum Gasteiger partial charge on any atom is 0.255 e. The fourth-order valence-electron chi connectivity index (χ4n) is 4.28. The second-order valence-corrected chi connectivity index (χ2v) is 7.86. The van der Waals surface area contributed by atoms with E-state index < -0.39 is 0 Å². The molecule has 0 N–H and O–H groups in total. The highest BCUT2D eigenvalue weighted by Crippen LogP contribution is 2.28. The van der Waals surface area contributed by atoms with Crippen molar-refractivity contribution >= 4 is 16.9 Å². The number of carbonyl (C=O) groups is 1. The van der Waals surface area contributed by atoms with Crippen LogP contribution in [-0.4, -0.2) is 32.4 Å². The van der Waals surface area contributed by atoms with Crippen LogP contribution in [0, 0.1) is 5.92 Å². The van der Waals surface area contributed by atoms with E-state index in [9.17, 15) is 4.79 Å². The topological polar surface area (TPSA) is 51.0 Å². The molecule has 0 bridgehead atoms. The minimum absolute atomic E-state index is 0.0287. The highest BCUT2D eigenvalue weighted by atomic mass is 16.2. The van der Waals surface area contributed by atoms with Crippen molar-refractivity contribution in [2.75, 3.05) is 7.05 Å². The number of nitrogens with zero attached hydrogens (tertiary/aromatic N) is 4. The molecule has 0 radical (unpaired) electrons. The molecule has 1 aliphatic rings. The van der Waals surface area contributed by atoms with Crippen LogP contribution >= 0.6 is 0 Å². The lowest BCUT2D eigenvalue weighted by Crippen LogP contribution is -2.28. The molecule has 28 heavy (non-hydrogen) atoms. The van der Waals surface area contributed by atoms with Crippen LogP contribution in [0.3, 0.4) is 0 Å². The van der Waals surface area contributed by atoms with Crippen molar-refractivity contribution in [2.45, 2.75) is 51.6 Å². The Balaban J connectivity index is 1.54. The van der Waals surface area contributed by atoms with Gasteiger partial charge in [-0.2, -0.15) is 0 Å². The number of para-hydroxylation sites is 2. The molecule has 2 aromatic heterocycles. The van der Waals surface area contributed by atoms with E-state index >= 15 is 0 Å². The largest absolute Gasteiger partial charge is 0.334 e. The Morgan fingerprint density at radius 2 is 1.96 bits per heavy atom. The number of amides is 1. The number of imidazole rings is 1. The van der Waals surface area contributed by atoms with E-state index in [0.717, 1.165) is 29.3 Å². The molecule has 0 spiro atoms. The molecule has 1 saturated carbocycles. The lowest BCUT2D eigenvalue weighted by Gasteiger charge is -2.23. The average molecular weight is 377 g/mol. The molecular formula is C23H28N4O. The predicted molar refractivity (Wildman–Crippen MR) is 111 cm³/mol. The highest BCUT2D eigenvalue weighted by molar-refractivity contribution is 5.93. The highest BCUT2D eigenvalue weighted by Gasteiger charge is 2.19. The van der Waals surface area contributed by atoms with Gasteiger partial charge in [-0.05, 0) is 36.6 Å². The number of benzene rings is 1. The van der Waals surface area contributed by atoms with Crippen LogP contribution in [0.25, 0.3) is 11.0 Å². The van der Waals surface area contributed by atoms with Gasteiger partial charge >= 0.3 is 0 Å². The quantitative estimate of drug-likeness (QED) is 0.628. The molecule has 4 rings (SSSR count). The van der Waals surface area contributed by atoms with Crippen LogP contribution in [0.15, 0.2) is 48.8 Å². The van der Waals surface area contributed by atoms with Gasteiger partial charge in [-0.25, -0.2) is 4.98 Å². The maximum atomic E-state index is 12.7. The zero-order valence-corrected chi connectivity index (χ0v) is 16.6. The number of hydrogen-bond acceptors (Lipinski definition) is 3. The minimum Gasteiger partial charge on any atom is -0.334 e. The normalized spacial score (nSPS) is 15.0. The zero-order chi connectivity index (χ0) is 19.3. The molecule has 146 valence electrons. The molecule has 3 aromatic rings. The molecule has 1 aliphatic carbocycles. The Bertz CT molecular complexity index is 928. The van der Waals surface area contributed by atoms with Gasteiger partial charge in [0.25, 0.3) is 5.91 Å². The van der Waals surface area contributed by atoms with Crippen LogP contribution in [0.4, 0.5) is 0 Å². The lowest BCUT2D eigenvalue weighted by molar-refractivity contribution is 0.0779. The summed E-state index contributed by atoms with van der Waals surface area (Å²) in [6.07, 6.45) is 11.3. The van der Waals surface area contributed by atoms with Crippen LogP contribution in [0.5, 0.6) is 0 Å². The van der Waals surface area contributed by atoms with E-state index in [4.69, 9.17) is 4.98 Å². The molecule has 0 aliphatic heterocycles. The van der Waals surface area contributed by atoms with Crippen molar-refractivity contribution in [1.29, 1.82) is 0 Å². The molecule has 2 heterocycles. The van der Waals surface area contributed by atoms with Crippen molar-refractivity contribution in [3.63, 3.8) is 0 Å². The number of rotatable bonds is 6. The maximum absolute atomic E-state index is 12.7. The summed E-state index contributed by atoms with van der Waals surface area (Å²) >= 11 is 0. The number of aryl methyl sites for hydroxylation is 1. The summed E-state index contributed by atoms with van der Waals surface area (Å²) in [5, 5.41) is 0. The van der Waals surface area contributed by atoms with Crippen LogP contribution in [0.2, 0.25) is 0 Å². The van der Waals surface area contributed by atoms with Gasteiger partial charge in [0.1, 0.15) is 5.82 Å². The van der Waals surface area contributed by atoms with Crippen molar-refractivity contribution in [3.05, 3.63) is 60.2 Å². The molecule has 1 aromatic carbocycles. The van der Waals surface area contributed by atoms with E-state index in [1.54, 1.807) is 29.4 Å². The molecule has 5 heteroatoms. The van der Waals surface area contributed by atoms with Crippen LogP contribution < -0.4 is 0 Å². The first-order valence-corrected chi connectivity index (χ1v) is 10.3. The van der Waals surface area contributed by atoms with Crippen molar-refractivity contribution in [3.8, 4) is 0 Å². The Hall–Kier alpha value is -2.69. The molecule has 5 nitrogen and oxygen atoms in total. The SMILES string of the molecule is CN(Cc1nc2ccccc2n1CCC1CCCCC1)C(=O)c1cccnc1. The van der Waals surface area contributed by atoms with Gasteiger partial charge < -0.3 is 9.47 Å². The van der Waals surface area contributed by atoms with Crippen LogP contribution in [0.1, 0.15) is 54.7 Å². The van der Waals surface area contributed by atoms with Gasteiger partial charge in [-0.15, -0.1) is 0 Å². The molecule has 0 saturated heterocycles. The fourth-order valence-corrected chi connectivity index (χ4v) is 4.28. The van der Waals surface area contributed by atoms with Gasteiger partial charge in [-0.3, -0.25) is 9.78 Å². The summed E-state index contributed by atoms with van der Waals surface area (Å²) in [5.41, 5.74) is 2.77. The van der Waals surface area contributed by atoms with Gasteiger partial charge in [0.15, 0.2) is 0 Å². The fraction of sp³-hybridized carbons (Fsp3) is 0.435. The van der Waals surface area contributed by atoms with Gasteiger partial charge in [0, 0.05) is 26.0 Å². The van der Waals surface area contributed by atoms with Crippen molar-refractivity contribution < 1.29 is 4.79 Å². The third-order valence-electron chi connectivity index (χ3n) is 5.85. The molecule has 0 unspecified atom stereocenters. The second-order valence-electron chi connectivity index (χ2n) is 7.86. The summed E-state index contributed by atoms with van der Waals surface area (Å²) in [6.45, 7) is 1.46. The first-order valence-electron chi connectivity index (χ1n) is 10.3. The predicted octanol–water partition coefficient (Wildman–Crippen LogP) is 4.67. The van der Waals surface area contributed by atoms with Crippen molar-refractivity contribution in [1.82, 2.24) is 19.4 Å². The Morgan fingerprint density at radius 1 is 1.14 bits per heavy atom. The van der Waals surface area contributed by atoms with E-state index in [0.29, 0.717) is 12.1 Å². The van der Waals surface area contributed by atoms with Crippen molar-refractivity contribution in [2.24, 2.45) is 5.92 Å². The summed E-state index contributed by atoms with van der Waals surface area (Å²) in [4.78, 5) is 23.4. The van der Waals surface area contributed by atoms with Gasteiger partial charge in [0.05, 0.1) is 23.1 Å². The van der Waals surface area contributed by atoms with E-state index in [2.05, 4.69) is 27.8 Å². The summed E-state index contributed by atoms with van der Waals surface area (Å²) in [7, 11) is 1.83. The van der Waals surface area contributed by atoms with Gasteiger partial charge in [-0.1, -0.05) is 44.2 Å². The second kappa shape index (κ2) is 8.55. The standard InChI is InChI=1S/C23H28N4O/c1-26(23(28)19-10-7-14-24-16-19)17-22-25-20-11-5-6-12-21(20)27(22)15-13-18-8-3-2-4-9-18/h5-7,10-12,14,16,18H,2-4,8-9,13,15,17H2,1H3. The number of carbonyl (C=O) groups excluding carboxylic acids is 1. The number of hydrogen-bond donors (Lipinski definition) is 0. The summed E-state index contributed by atoms with van der Waals surface area (Å²) in [5.74, 6) is 1.74. The Morgan fingerprint density at radius 3 is 2.75 bits per heavy atom. The minimum atomic E-state index is -0.0287.